The number of hydrogen-bond donors (Lipinski definition) is 0. The van der Waals surface area contributed by atoms with E-state index in [0.717, 1.165) is 5.69 Å². The molecule has 2 aromatic heterocycles. The van der Waals surface area contributed by atoms with E-state index in [9.17, 15) is 0 Å². The summed E-state index contributed by atoms with van der Waals surface area (Å²) in [5.74, 6) is 1.43. The highest BCUT2D eigenvalue weighted by atomic mass is 35.5. The van der Waals surface area contributed by atoms with Gasteiger partial charge in [-0.3, -0.25) is 0 Å². The molecule has 0 aliphatic heterocycles. The minimum absolute atomic E-state index is 0.316. The Bertz CT molecular complexity index is 394. The van der Waals surface area contributed by atoms with Gasteiger partial charge in [-0.1, -0.05) is 5.16 Å². The molecule has 0 saturated carbocycles. The van der Waals surface area contributed by atoms with Gasteiger partial charge in [-0.15, -0.1) is 11.6 Å². The van der Waals surface area contributed by atoms with E-state index in [-0.39, 0.29) is 0 Å². The second-order valence-electron chi connectivity index (χ2n) is 2.55. The Morgan fingerprint density at radius 2 is 2.38 bits per heavy atom. The van der Waals surface area contributed by atoms with Crippen LogP contribution in [0.15, 0.2) is 21.3 Å². The Labute approximate surface area is 79.5 Å². The van der Waals surface area contributed by atoms with Crippen molar-refractivity contribution in [2.75, 3.05) is 0 Å². The number of hydrogen-bond acceptors (Lipinski definition) is 4. The fourth-order valence-corrected chi connectivity index (χ4v) is 1.23. The lowest BCUT2D eigenvalue weighted by Crippen LogP contribution is -1.77. The Hall–Kier alpha value is -1.29. The number of oxazole rings is 1. The fraction of sp³-hybridized carbons (Fsp3) is 0.250. The molecule has 0 aliphatic carbocycles. The van der Waals surface area contributed by atoms with Crippen LogP contribution in [-0.2, 0) is 5.88 Å². The number of aryl methyl sites for hydroxylation is 1. The van der Waals surface area contributed by atoms with Crippen LogP contribution in [0.4, 0.5) is 0 Å². The molecule has 0 fully saturated rings. The third-order valence-electron chi connectivity index (χ3n) is 1.67. The first-order valence-electron chi connectivity index (χ1n) is 3.74. The Balaban J connectivity index is 2.43. The molecule has 0 N–H and O–H groups in total. The first kappa shape index (κ1) is 8.31. The van der Waals surface area contributed by atoms with Crippen LogP contribution in [0, 0.1) is 6.92 Å². The minimum atomic E-state index is 0.316. The van der Waals surface area contributed by atoms with Gasteiger partial charge >= 0.3 is 0 Å². The summed E-state index contributed by atoms with van der Waals surface area (Å²) in [5.41, 5.74) is 1.37. The van der Waals surface area contributed by atoms with Crippen LogP contribution in [-0.4, -0.2) is 10.1 Å². The van der Waals surface area contributed by atoms with Crippen molar-refractivity contribution in [3.8, 4) is 11.6 Å². The van der Waals surface area contributed by atoms with Gasteiger partial charge < -0.3 is 8.94 Å². The van der Waals surface area contributed by atoms with Gasteiger partial charge in [-0.05, 0) is 6.92 Å². The SMILES string of the molecule is Cc1nc(-c2ccon2)oc1CCl. The molecule has 0 aromatic carbocycles. The van der Waals surface area contributed by atoms with E-state index in [1.807, 2.05) is 6.92 Å². The molecule has 0 unspecified atom stereocenters. The van der Waals surface area contributed by atoms with Crippen molar-refractivity contribution >= 4 is 11.6 Å². The van der Waals surface area contributed by atoms with Crippen molar-refractivity contribution in [3.05, 3.63) is 23.8 Å². The van der Waals surface area contributed by atoms with Crippen molar-refractivity contribution in [1.82, 2.24) is 10.1 Å². The third kappa shape index (κ3) is 1.45. The number of aromatic nitrogens is 2. The van der Waals surface area contributed by atoms with Gasteiger partial charge in [-0.2, -0.15) is 0 Å². The molecule has 2 rings (SSSR count). The first-order chi connectivity index (χ1) is 6.31. The van der Waals surface area contributed by atoms with Crippen molar-refractivity contribution in [3.63, 3.8) is 0 Å². The predicted molar refractivity (Wildman–Crippen MR) is 46.3 cm³/mol. The molecule has 0 aliphatic rings. The summed E-state index contributed by atoms with van der Waals surface area (Å²) in [4.78, 5) is 4.15. The maximum Gasteiger partial charge on any atom is 0.249 e. The molecule has 68 valence electrons. The molecule has 2 aromatic rings. The maximum atomic E-state index is 5.63. The van der Waals surface area contributed by atoms with Crippen LogP contribution in [0.3, 0.4) is 0 Å². The molecule has 0 amide bonds. The van der Waals surface area contributed by atoms with Crippen molar-refractivity contribution in [2.45, 2.75) is 12.8 Å². The van der Waals surface area contributed by atoms with E-state index < -0.39 is 0 Å². The van der Waals surface area contributed by atoms with Gasteiger partial charge in [0.15, 0.2) is 5.69 Å². The zero-order valence-corrected chi connectivity index (χ0v) is 7.71. The van der Waals surface area contributed by atoms with E-state index in [0.29, 0.717) is 23.2 Å². The molecular weight excluding hydrogens is 192 g/mol. The molecule has 5 heteroatoms. The van der Waals surface area contributed by atoms with Crippen LogP contribution in [0.2, 0.25) is 0 Å². The summed E-state index contributed by atoms with van der Waals surface area (Å²) < 4.78 is 10.0. The average Bonchev–Trinajstić information content (AvgIpc) is 2.71. The summed E-state index contributed by atoms with van der Waals surface area (Å²) in [6.07, 6.45) is 1.47. The quantitative estimate of drug-likeness (QED) is 0.696. The monoisotopic (exact) mass is 198 g/mol. The lowest BCUT2D eigenvalue weighted by Gasteiger charge is -1.85. The van der Waals surface area contributed by atoms with Gasteiger partial charge in [-0.25, -0.2) is 4.98 Å². The van der Waals surface area contributed by atoms with Crippen LogP contribution < -0.4 is 0 Å². The van der Waals surface area contributed by atoms with Crippen molar-refractivity contribution in [2.24, 2.45) is 0 Å². The number of nitrogens with zero attached hydrogens (tertiary/aromatic N) is 2. The molecule has 0 spiro atoms. The van der Waals surface area contributed by atoms with Crippen LogP contribution in [0.1, 0.15) is 11.5 Å². The second kappa shape index (κ2) is 3.22. The highest BCUT2D eigenvalue weighted by Crippen LogP contribution is 2.20. The summed E-state index contributed by atoms with van der Waals surface area (Å²) in [7, 11) is 0. The van der Waals surface area contributed by atoms with Gasteiger partial charge in [0.2, 0.25) is 5.89 Å². The molecule has 0 radical (unpaired) electrons. The van der Waals surface area contributed by atoms with Gasteiger partial charge in [0.05, 0.1) is 11.6 Å². The molecule has 0 bridgehead atoms. The van der Waals surface area contributed by atoms with E-state index in [4.69, 9.17) is 16.0 Å². The van der Waals surface area contributed by atoms with Crippen molar-refractivity contribution < 1.29 is 8.94 Å². The van der Waals surface area contributed by atoms with Crippen LogP contribution in [0.25, 0.3) is 11.6 Å². The van der Waals surface area contributed by atoms with E-state index in [1.54, 1.807) is 6.07 Å². The second-order valence-corrected chi connectivity index (χ2v) is 2.81. The Morgan fingerprint density at radius 1 is 1.54 bits per heavy atom. The Morgan fingerprint density at radius 3 is 2.92 bits per heavy atom. The summed E-state index contributed by atoms with van der Waals surface area (Å²) in [6, 6.07) is 1.68. The number of alkyl halides is 1. The summed E-state index contributed by atoms with van der Waals surface area (Å²) in [6.45, 7) is 1.84. The standard InChI is InChI=1S/C8H7ClN2O2/c1-5-7(4-9)13-8(10-5)6-2-3-12-11-6/h2-3H,4H2,1H3. The van der Waals surface area contributed by atoms with E-state index >= 15 is 0 Å². The van der Waals surface area contributed by atoms with Crippen LogP contribution >= 0.6 is 11.6 Å². The number of rotatable bonds is 2. The Kier molecular flexibility index (Phi) is 2.06. The largest absolute Gasteiger partial charge is 0.438 e. The fourth-order valence-electron chi connectivity index (χ4n) is 0.984. The summed E-state index contributed by atoms with van der Waals surface area (Å²) in [5, 5.41) is 3.70. The molecule has 4 nitrogen and oxygen atoms in total. The zero-order chi connectivity index (χ0) is 9.26. The molecule has 0 saturated heterocycles. The average molecular weight is 199 g/mol. The predicted octanol–water partition coefficient (Wildman–Crippen LogP) is 2.38. The van der Waals surface area contributed by atoms with E-state index in [2.05, 4.69) is 14.7 Å². The highest BCUT2D eigenvalue weighted by molar-refractivity contribution is 6.16. The zero-order valence-electron chi connectivity index (χ0n) is 6.95. The third-order valence-corrected chi connectivity index (χ3v) is 1.91. The van der Waals surface area contributed by atoms with Crippen LogP contribution in [0.5, 0.6) is 0 Å². The van der Waals surface area contributed by atoms with E-state index in [1.165, 1.54) is 6.26 Å². The molecular formula is C8H7ClN2O2. The molecule has 13 heavy (non-hydrogen) atoms. The number of halogens is 1. The topological polar surface area (TPSA) is 52.1 Å². The van der Waals surface area contributed by atoms with Gasteiger partial charge in [0, 0.05) is 6.07 Å². The highest BCUT2D eigenvalue weighted by Gasteiger charge is 2.12. The lowest BCUT2D eigenvalue weighted by atomic mass is 10.4. The first-order valence-corrected chi connectivity index (χ1v) is 4.27. The van der Waals surface area contributed by atoms with Gasteiger partial charge in [0.1, 0.15) is 12.0 Å². The minimum Gasteiger partial charge on any atom is -0.438 e. The maximum absolute atomic E-state index is 5.63. The van der Waals surface area contributed by atoms with Gasteiger partial charge in [0.25, 0.3) is 0 Å². The van der Waals surface area contributed by atoms with Crippen molar-refractivity contribution in [1.29, 1.82) is 0 Å². The molecule has 0 atom stereocenters. The summed E-state index contributed by atoms with van der Waals surface area (Å²) >= 11 is 5.63. The molecule has 2 heterocycles. The lowest BCUT2D eigenvalue weighted by molar-refractivity contribution is 0.418. The normalized spacial score (nSPS) is 10.6. The smallest absolute Gasteiger partial charge is 0.249 e.